The van der Waals surface area contributed by atoms with E-state index in [4.69, 9.17) is 9.47 Å². The molecule has 0 fully saturated rings. The number of nitrogens with zero attached hydrogens (tertiary/aromatic N) is 1. The van der Waals surface area contributed by atoms with Crippen LogP contribution in [0, 0.1) is 6.92 Å². The number of methoxy groups -OCH3 is 1. The van der Waals surface area contributed by atoms with E-state index >= 15 is 0 Å². The number of halogens is 1. The Morgan fingerprint density at radius 3 is 2.78 bits per heavy atom. The summed E-state index contributed by atoms with van der Waals surface area (Å²) in [6.45, 7) is 2.26. The van der Waals surface area contributed by atoms with E-state index in [9.17, 15) is 0 Å². The number of hydrogen-bond donors (Lipinski definition) is 1. The van der Waals surface area contributed by atoms with E-state index in [1.807, 2.05) is 49.4 Å². The van der Waals surface area contributed by atoms with Gasteiger partial charge in [-0.2, -0.15) is 0 Å². The standard InChI is InChI=1S/C18H17BrN2O2/c1-12-7-8-14(23-11-22-2)10-17(12)21-18-15(19)9-13-5-3-4-6-16(13)20-18/h3-10H,11H2,1-2H3,(H,20,21). The Balaban J connectivity index is 1.93. The fourth-order valence-corrected chi connectivity index (χ4v) is 2.69. The molecule has 0 amide bonds. The van der Waals surface area contributed by atoms with E-state index in [0.29, 0.717) is 0 Å². The van der Waals surface area contributed by atoms with E-state index in [2.05, 4.69) is 32.3 Å². The Labute approximate surface area is 143 Å². The quantitative estimate of drug-likeness (QED) is 0.637. The highest BCUT2D eigenvalue weighted by Crippen LogP contribution is 2.30. The van der Waals surface area contributed by atoms with Crippen molar-refractivity contribution in [2.24, 2.45) is 0 Å². The Bertz CT molecular complexity index is 836. The first kappa shape index (κ1) is 15.8. The number of pyridine rings is 1. The highest BCUT2D eigenvalue weighted by atomic mass is 79.9. The smallest absolute Gasteiger partial charge is 0.188 e. The van der Waals surface area contributed by atoms with Crippen molar-refractivity contribution in [3.05, 3.63) is 58.6 Å². The van der Waals surface area contributed by atoms with E-state index in [0.717, 1.165) is 38.2 Å². The summed E-state index contributed by atoms with van der Waals surface area (Å²) in [6.07, 6.45) is 0. The lowest BCUT2D eigenvalue weighted by Gasteiger charge is -2.13. The van der Waals surface area contributed by atoms with Crippen LogP contribution in [-0.4, -0.2) is 18.9 Å². The highest BCUT2D eigenvalue weighted by Gasteiger charge is 2.08. The molecule has 0 aliphatic carbocycles. The van der Waals surface area contributed by atoms with Crippen molar-refractivity contribution >= 4 is 38.3 Å². The normalized spacial score (nSPS) is 10.7. The average molecular weight is 373 g/mol. The van der Waals surface area contributed by atoms with Gasteiger partial charge in [0.25, 0.3) is 0 Å². The van der Waals surface area contributed by atoms with Gasteiger partial charge in [-0.05, 0) is 46.6 Å². The zero-order valence-corrected chi connectivity index (χ0v) is 14.6. The predicted molar refractivity (Wildman–Crippen MR) is 96.4 cm³/mol. The first-order chi connectivity index (χ1) is 11.2. The van der Waals surface area contributed by atoms with Crippen LogP contribution in [0.5, 0.6) is 5.75 Å². The minimum Gasteiger partial charge on any atom is -0.467 e. The fourth-order valence-electron chi connectivity index (χ4n) is 2.26. The van der Waals surface area contributed by atoms with Crippen LogP contribution in [0.3, 0.4) is 0 Å². The van der Waals surface area contributed by atoms with Gasteiger partial charge in [-0.25, -0.2) is 4.98 Å². The summed E-state index contributed by atoms with van der Waals surface area (Å²) >= 11 is 3.58. The summed E-state index contributed by atoms with van der Waals surface area (Å²) in [5, 5.41) is 4.47. The zero-order valence-electron chi connectivity index (χ0n) is 13.0. The van der Waals surface area contributed by atoms with Gasteiger partial charge >= 0.3 is 0 Å². The number of ether oxygens (including phenoxy) is 2. The minimum absolute atomic E-state index is 0.223. The van der Waals surface area contributed by atoms with E-state index < -0.39 is 0 Å². The molecule has 0 bridgehead atoms. The second kappa shape index (κ2) is 6.98. The third-order valence-electron chi connectivity index (χ3n) is 3.48. The maximum Gasteiger partial charge on any atom is 0.188 e. The molecular formula is C18H17BrN2O2. The van der Waals surface area contributed by atoms with Gasteiger partial charge in [-0.3, -0.25) is 0 Å². The van der Waals surface area contributed by atoms with Crippen LogP contribution in [0.4, 0.5) is 11.5 Å². The summed E-state index contributed by atoms with van der Waals surface area (Å²) in [5.74, 6) is 1.52. The van der Waals surface area contributed by atoms with Crippen molar-refractivity contribution in [2.75, 3.05) is 19.2 Å². The van der Waals surface area contributed by atoms with E-state index in [1.54, 1.807) is 7.11 Å². The van der Waals surface area contributed by atoms with Crippen LogP contribution in [0.15, 0.2) is 53.0 Å². The molecule has 4 nitrogen and oxygen atoms in total. The molecule has 0 aliphatic rings. The fraction of sp³-hybridized carbons (Fsp3) is 0.167. The molecule has 3 aromatic rings. The summed E-state index contributed by atoms with van der Waals surface area (Å²) in [5.41, 5.74) is 3.00. The van der Waals surface area contributed by atoms with Crippen LogP contribution in [0.25, 0.3) is 10.9 Å². The van der Waals surface area contributed by atoms with E-state index in [1.165, 1.54) is 0 Å². The number of nitrogens with one attached hydrogen (secondary N) is 1. The molecule has 0 saturated carbocycles. The van der Waals surface area contributed by atoms with Gasteiger partial charge in [-0.1, -0.05) is 24.3 Å². The lowest BCUT2D eigenvalue weighted by atomic mass is 10.2. The molecule has 0 saturated heterocycles. The molecule has 1 heterocycles. The van der Waals surface area contributed by atoms with Crippen LogP contribution in [-0.2, 0) is 4.74 Å². The zero-order chi connectivity index (χ0) is 16.2. The molecular weight excluding hydrogens is 356 g/mol. The van der Waals surface area contributed by atoms with Gasteiger partial charge in [0.15, 0.2) is 6.79 Å². The molecule has 1 N–H and O–H groups in total. The molecule has 0 unspecified atom stereocenters. The van der Waals surface area contributed by atoms with Crippen molar-refractivity contribution < 1.29 is 9.47 Å². The molecule has 23 heavy (non-hydrogen) atoms. The molecule has 0 aliphatic heterocycles. The summed E-state index contributed by atoms with van der Waals surface area (Å²) in [4.78, 5) is 4.68. The Morgan fingerprint density at radius 2 is 1.96 bits per heavy atom. The number of fused-ring (bicyclic) bond motifs is 1. The number of anilines is 2. The van der Waals surface area contributed by atoms with E-state index in [-0.39, 0.29) is 6.79 Å². The average Bonchev–Trinajstić information content (AvgIpc) is 2.56. The lowest BCUT2D eigenvalue weighted by molar-refractivity contribution is 0.0511. The molecule has 0 atom stereocenters. The third kappa shape index (κ3) is 3.63. The van der Waals surface area contributed by atoms with Gasteiger partial charge in [0, 0.05) is 24.2 Å². The predicted octanol–water partition coefficient (Wildman–Crippen LogP) is 5.03. The van der Waals surface area contributed by atoms with Gasteiger partial charge < -0.3 is 14.8 Å². The topological polar surface area (TPSA) is 43.4 Å². The van der Waals surface area contributed by atoms with Gasteiger partial charge in [0.05, 0.1) is 9.99 Å². The highest BCUT2D eigenvalue weighted by molar-refractivity contribution is 9.10. The number of aryl methyl sites for hydroxylation is 1. The third-order valence-corrected chi connectivity index (χ3v) is 4.09. The number of aromatic nitrogens is 1. The monoisotopic (exact) mass is 372 g/mol. The molecule has 118 valence electrons. The van der Waals surface area contributed by atoms with Gasteiger partial charge in [-0.15, -0.1) is 0 Å². The second-order valence-electron chi connectivity index (χ2n) is 5.16. The molecule has 0 spiro atoms. The molecule has 3 rings (SSSR count). The largest absolute Gasteiger partial charge is 0.467 e. The summed E-state index contributed by atoms with van der Waals surface area (Å²) in [6, 6.07) is 16.0. The molecule has 1 aromatic heterocycles. The molecule has 0 radical (unpaired) electrons. The Morgan fingerprint density at radius 1 is 1.13 bits per heavy atom. The maximum atomic E-state index is 5.49. The molecule has 5 heteroatoms. The van der Waals surface area contributed by atoms with Crippen LogP contribution in [0.1, 0.15) is 5.56 Å². The van der Waals surface area contributed by atoms with Crippen LogP contribution < -0.4 is 10.1 Å². The number of rotatable bonds is 5. The first-order valence-electron chi connectivity index (χ1n) is 7.22. The Hall–Kier alpha value is -2.11. The van der Waals surface area contributed by atoms with Crippen molar-refractivity contribution in [3.8, 4) is 5.75 Å². The van der Waals surface area contributed by atoms with Crippen molar-refractivity contribution in [1.82, 2.24) is 4.98 Å². The number of benzene rings is 2. The first-order valence-corrected chi connectivity index (χ1v) is 8.01. The lowest BCUT2D eigenvalue weighted by Crippen LogP contribution is -2.01. The van der Waals surface area contributed by atoms with Crippen molar-refractivity contribution in [1.29, 1.82) is 0 Å². The van der Waals surface area contributed by atoms with Gasteiger partial charge in [0.1, 0.15) is 11.6 Å². The van der Waals surface area contributed by atoms with Crippen molar-refractivity contribution in [2.45, 2.75) is 6.92 Å². The summed E-state index contributed by atoms with van der Waals surface area (Å²) in [7, 11) is 1.60. The summed E-state index contributed by atoms with van der Waals surface area (Å²) < 4.78 is 11.3. The van der Waals surface area contributed by atoms with Gasteiger partial charge in [0.2, 0.25) is 0 Å². The van der Waals surface area contributed by atoms with Crippen LogP contribution >= 0.6 is 15.9 Å². The van der Waals surface area contributed by atoms with Crippen LogP contribution in [0.2, 0.25) is 0 Å². The maximum absolute atomic E-state index is 5.49. The number of hydrogen-bond acceptors (Lipinski definition) is 4. The Kier molecular flexibility index (Phi) is 4.79. The minimum atomic E-state index is 0.223. The SMILES string of the molecule is COCOc1ccc(C)c(Nc2nc3ccccc3cc2Br)c1. The molecule has 2 aromatic carbocycles. The second-order valence-corrected chi connectivity index (χ2v) is 6.02. The van der Waals surface area contributed by atoms with Crippen molar-refractivity contribution in [3.63, 3.8) is 0 Å². The number of para-hydroxylation sites is 1.